The average molecular weight is 341 g/mol. The van der Waals surface area contributed by atoms with E-state index in [0.717, 1.165) is 29.2 Å². The molecule has 2 atom stereocenters. The Morgan fingerprint density at radius 3 is 2.85 bits per heavy atom. The lowest BCUT2D eigenvalue weighted by Crippen LogP contribution is -2.34. The van der Waals surface area contributed by atoms with Crippen LogP contribution in [0.15, 0.2) is 22.7 Å². The minimum atomic E-state index is 0.308. The number of benzene rings is 1. The largest absolute Gasteiger partial charge is 0.496 e. The van der Waals surface area contributed by atoms with E-state index >= 15 is 0 Å². The first-order valence-electron chi connectivity index (χ1n) is 7.43. The molecule has 1 heterocycles. The van der Waals surface area contributed by atoms with Crippen LogP contribution in [0.5, 0.6) is 5.75 Å². The maximum atomic E-state index is 6.05. The summed E-state index contributed by atoms with van der Waals surface area (Å²) in [5, 5.41) is 0. The summed E-state index contributed by atoms with van der Waals surface area (Å²) in [4.78, 5) is 2.54. The normalized spacial score (nSPS) is 22.3. The summed E-state index contributed by atoms with van der Waals surface area (Å²) >= 11 is 3.57. The number of hydrogen-bond acceptors (Lipinski definition) is 3. The van der Waals surface area contributed by atoms with Crippen LogP contribution >= 0.6 is 15.9 Å². The van der Waals surface area contributed by atoms with E-state index in [0.29, 0.717) is 12.6 Å². The van der Waals surface area contributed by atoms with Crippen molar-refractivity contribution in [1.29, 1.82) is 0 Å². The summed E-state index contributed by atoms with van der Waals surface area (Å²) in [6.45, 7) is 5.31. The molecule has 2 N–H and O–H groups in total. The van der Waals surface area contributed by atoms with Crippen molar-refractivity contribution in [1.82, 2.24) is 4.90 Å². The molecule has 2 unspecified atom stereocenters. The van der Waals surface area contributed by atoms with Crippen LogP contribution in [0.25, 0.3) is 0 Å². The minimum absolute atomic E-state index is 0.308. The number of rotatable bonds is 4. The van der Waals surface area contributed by atoms with Gasteiger partial charge in [-0.15, -0.1) is 0 Å². The Labute approximate surface area is 130 Å². The standard InChI is InChI=1S/C16H25BrN2O/c1-12-4-3-8-19(9-7-12)15(11-18)13-5-6-16(20-2)14(17)10-13/h5-6,10,12,15H,3-4,7-9,11,18H2,1-2H3. The first-order valence-corrected chi connectivity index (χ1v) is 8.22. The Balaban J connectivity index is 2.16. The van der Waals surface area contributed by atoms with E-state index in [1.807, 2.05) is 6.07 Å². The summed E-state index contributed by atoms with van der Waals surface area (Å²) in [6.07, 6.45) is 3.88. The third kappa shape index (κ3) is 3.74. The monoisotopic (exact) mass is 340 g/mol. The van der Waals surface area contributed by atoms with Gasteiger partial charge in [-0.3, -0.25) is 4.90 Å². The topological polar surface area (TPSA) is 38.5 Å². The highest BCUT2D eigenvalue weighted by molar-refractivity contribution is 9.10. The third-order valence-corrected chi connectivity index (χ3v) is 4.90. The van der Waals surface area contributed by atoms with Crippen molar-refractivity contribution in [3.63, 3.8) is 0 Å². The molecule has 0 aromatic heterocycles. The lowest BCUT2D eigenvalue weighted by molar-refractivity contribution is 0.207. The van der Waals surface area contributed by atoms with Crippen molar-refractivity contribution in [3.8, 4) is 5.75 Å². The molecular weight excluding hydrogens is 316 g/mol. The SMILES string of the molecule is COc1ccc(C(CN)N2CCCC(C)CC2)cc1Br. The van der Waals surface area contributed by atoms with E-state index in [1.165, 1.54) is 24.8 Å². The highest BCUT2D eigenvalue weighted by atomic mass is 79.9. The van der Waals surface area contributed by atoms with Gasteiger partial charge < -0.3 is 10.5 Å². The molecule has 1 aromatic carbocycles. The zero-order valence-electron chi connectivity index (χ0n) is 12.4. The molecule has 0 bridgehead atoms. The molecule has 0 aliphatic carbocycles. The van der Waals surface area contributed by atoms with Gasteiger partial charge in [0.1, 0.15) is 5.75 Å². The van der Waals surface area contributed by atoms with Gasteiger partial charge >= 0.3 is 0 Å². The van der Waals surface area contributed by atoms with Gasteiger partial charge in [0.15, 0.2) is 0 Å². The predicted molar refractivity (Wildman–Crippen MR) is 87.1 cm³/mol. The van der Waals surface area contributed by atoms with Crippen LogP contribution in [0, 0.1) is 5.92 Å². The predicted octanol–water partition coefficient (Wildman–Crippen LogP) is 3.58. The maximum Gasteiger partial charge on any atom is 0.133 e. The fraction of sp³-hybridized carbons (Fsp3) is 0.625. The van der Waals surface area contributed by atoms with E-state index in [4.69, 9.17) is 10.5 Å². The molecule has 0 radical (unpaired) electrons. The summed E-state index contributed by atoms with van der Waals surface area (Å²) < 4.78 is 6.30. The van der Waals surface area contributed by atoms with Crippen molar-refractivity contribution < 1.29 is 4.74 Å². The summed E-state index contributed by atoms with van der Waals surface area (Å²) in [5.74, 6) is 1.70. The number of halogens is 1. The molecule has 1 aliphatic rings. The second kappa shape index (κ2) is 7.43. The number of nitrogens with zero attached hydrogens (tertiary/aromatic N) is 1. The molecule has 0 amide bonds. The van der Waals surface area contributed by atoms with E-state index in [-0.39, 0.29) is 0 Å². The van der Waals surface area contributed by atoms with Crippen molar-refractivity contribution in [3.05, 3.63) is 28.2 Å². The smallest absolute Gasteiger partial charge is 0.133 e. The Morgan fingerprint density at radius 2 is 2.20 bits per heavy atom. The molecule has 1 aromatic rings. The van der Waals surface area contributed by atoms with Crippen LogP contribution < -0.4 is 10.5 Å². The third-order valence-electron chi connectivity index (χ3n) is 4.28. The molecule has 112 valence electrons. The van der Waals surface area contributed by atoms with Crippen molar-refractivity contribution >= 4 is 15.9 Å². The Morgan fingerprint density at radius 1 is 1.40 bits per heavy atom. The van der Waals surface area contributed by atoms with Gasteiger partial charge in [-0.1, -0.05) is 13.0 Å². The van der Waals surface area contributed by atoms with Crippen LogP contribution in [-0.2, 0) is 0 Å². The second-order valence-corrected chi connectivity index (χ2v) is 6.57. The zero-order chi connectivity index (χ0) is 14.5. The quantitative estimate of drug-likeness (QED) is 0.910. The van der Waals surface area contributed by atoms with E-state index in [1.54, 1.807) is 7.11 Å². The molecule has 2 rings (SSSR count). The van der Waals surface area contributed by atoms with Gasteiger partial charge in [-0.2, -0.15) is 0 Å². The maximum absolute atomic E-state index is 6.05. The molecule has 20 heavy (non-hydrogen) atoms. The Hall–Kier alpha value is -0.580. The van der Waals surface area contributed by atoms with Crippen molar-refractivity contribution in [2.45, 2.75) is 32.2 Å². The average Bonchev–Trinajstić information content (AvgIpc) is 2.65. The summed E-state index contributed by atoms with van der Waals surface area (Å²) in [5.41, 5.74) is 7.33. The van der Waals surface area contributed by atoms with Crippen molar-refractivity contribution in [2.24, 2.45) is 11.7 Å². The van der Waals surface area contributed by atoms with Crippen LogP contribution in [0.4, 0.5) is 0 Å². The van der Waals surface area contributed by atoms with Gasteiger partial charge in [0.2, 0.25) is 0 Å². The van der Waals surface area contributed by atoms with E-state index < -0.39 is 0 Å². The number of hydrogen-bond donors (Lipinski definition) is 1. The van der Waals surface area contributed by atoms with Gasteiger partial charge in [0, 0.05) is 12.6 Å². The molecule has 1 aliphatic heterocycles. The highest BCUT2D eigenvalue weighted by Crippen LogP contribution is 2.31. The number of methoxy groups -OCH3 is 1. The minimum Gasteiger partial charge on any atom is -0.496 e. The number of likely N-dealkylation sites (tertiary alicyclic amines) is 1. The van der Waals surface area contributed by atoms with Crippen LogP contribution in [-0.4, -0.2) is 31.6 Å². The Kier molecular flexibility index (Phi) is 5.87. The zero-order valence-corrected chi connectivity index (χ0v) is 14.0. The van der Waals surface area contributed by atoms with Gasteiger partial charge in [0.25, 0.3) is 0 Å². The number of ether oxygens (including phenoxy) is 1. The van der Waals surface area contributed by atoms with Gasteiger partial charge in [-0.05, 0) is 71.9 Å². The molecule has 1 fully saturated rings. The first kappa shape index (κ1) is 15.8. The van der Waals surface area contributed by atoms with Crippen LogP contribution in [0.3, 0.4) is 0 Å². The van der Waals surface area contributed by atoms with Gasteiger partial charge in [0.05, 0.1) is 11.6 Å². The van der Waals surface area contributed by atoms with E-state index in [2.05, 4.69) is 39.9 Å². The molecule has 1 saturated heterocycles. The lowest BCUT2D eigenvalue weighted by Gasteiger charge is -2.30. The van der Waals surface area contributed by atoms with Crippen LogP contribution in [0.1, 0.15) is 37.8 Å². The lowest BCUT2D eigenvalue weighted by atomic mass is 10.0. The Bertz CT molecular complexity index is 438. The summed E-state index contributed by atoms with van der Waals surface area (Å²) in [6, 6.07) is 6.60. The molecule has 0 spiro atoms. The number of nitrogens with two attached hydrogens (primary N) is 1. The van der Waals surface area contributed by atoms with E-state index in [9.17, 15) is 0 Å². The van der Waals surface area contributed by atoms with Crippen LogP contribution in [0.2, 0.25) is 0 Å². The first-order chi connectivity index (χ1) is 9.65. The molecular formula is C16H25BrN2O. The highest BCUT2D eigenvalue weighted by Gasteiger charge is 2.22. The molecule has 0 saturated carbocycles. The fourth-order valence-corrected chi connectivity index (χ4v) is 3.54. The molecule has 4 heteroatoms. The van der Waals surface area contributed by atoms with Crippen molar-refractivity contribution in [2.75, 3.05) is 26.7 Å². The van der Waals surface area contributed by atoms with Gasteiger partial charge in [-0.25, -0.2) is 0 Å². The summed E-state index contributed by atoms with van der Waals surface area (Å²) in [7, 11) is 1.69. The second-order valence-electron chi connectivity index (χ2n) is 5.72. The molecule has 3 nitrogen and oxygen atoms in total. The fourth-order valence-electron chi connectivity index (χ4n) is 2.98.